The van der Waals surface area contributed by atoms with E-state index in [1.165, 1.54) is 12.8 Å². The zero-order valence-electron chi connectivity index (χ0n) is 12.0. The van der Waals surface area contributed by atoms with Gasteiger partial charge in [0.2, 0.25) is 10.0 Å². The van der Waals surface area contributed by atoms with Crippen molar-refractivity contribution in [2.45, 2.75) is 59.3 Å². The van der Waals surface area contributed by atoms with Crippen LogP contribution in [0, 0.1) is 5.41 Å². The van der Waals surface area contributed by atoms with Gasteiger partial charge in [0.1, 0.15) is 0 Å². The summed E-state index contributed by atoms with van der Waals surface area (Å²) in [5, 5.41) is 8.63. The molecule has 0 saturated carbocycles. The zero-order valence-corrected chi connectivity index (χ0v) is 12.9. The molecule has 0 rings (SSSR count). The molecule has 0 aliphatic carbocycles. The fourth-order valence-corrected chi connectivity index (χ4v) is 3.06. The summed E-state index contributed by atoms with van der Waals surface area (Å²) in [6.07, 6.45) is 5.63. The lowest BCUT2D eigenvalue weighted by atomic mass is 9.87. The summed E-state index contributed by atoms with van der Waals surface area (Å²) in [4.78, 5) is 0. The van der Waals surface area contributed by atoms with Gasteiger partial charge in [-0.1, -0.05) is 40.0 Å². The monoisotopic (exact) mass is 279 g/mol. The quantitative estimate of drug-likeness (QED) is 0.570. The summed E-state index contributed by atoms with van der Waals surface area (Å²) in [7, 11) is -3.18. The summed E-state index contributed by atoms with van der Waals surface area (Å²) in [6.45, 7) is 6.91. The third-order valence-corrected chi connectivity index (χ3v) is 4.46. The van der Waals surface area contributed by atoms with Crippen molar-refractivity contribution in [1.29, 1.82) is 0 Å². The minimum atomic E-state index is -3.18. The number of aliphatic hydroxyl groups excluding tert-OH is 1. The topological polar surface area (TPSA) is 66.4 Å². The Morgan fingerprint density at radius 1 is 1.11 bits per heavy atom. The second-order valence-electron chi connectivity index (χ2n) is 5.69. The maximum Gasteiger partial charge on any atom is 0.211 e. The number of sulfonamides is 1. The lowest BCUT2D eigenvalue weighted by Crippen LogP contribution is -2.35. The average molecular weight is 279 g/mol. The van der Waals surface area contributed by atoms with Crippen LogP contribution >= 0.6 is 0 Å². The van der Waals surface area contributed by atoms with Crippen molar-refractivity contribution in [3.05, 3.63) is 0 Å². The van der Waals surface area contributed by atoms with E-state index in [-0.39, 0.29) is 17.8 Å². The highest BCUT2D eigenvalue weighted by atomic mass is 32.2. The second kappa shape index (κ2) is 8.88. The SMILES string of the molecule is CCCCCC(C)(C)CNS(=O)(=O)CCCCO. The lowest BCUT2D eigenvalue weighted by Gasteiger charge is -2.24. The molecule has 0 atom stereocenters. The van der Waals surface area contributed by atoms with Gasteiger partial charge < -0.3 is 5.11 Å². The van der Waals surface area contributed by atoms with Crippen LogP contribution in [0.4, 0.5) is 0 Å². The number of rotatable bonds is 11. The Morgan fingerprint density at radius 3 is 2.33 bits per heavy atom. The standard InChI is InChI=1S/C13H29NO3S/c1-4-5-6-9-13(2,3)12-14-18(16,17)11-8-7-10-15/h14-15H,4-12H2,1-3H3. The molecule has 0 saturated heterocycles. The van der Waals surface area contributed by atoms with Gasteiger partial charge >= 0.3 is 0 Å². The minimum absolute atomic E-state index is 0.0131. The van der Waals surface area contributed by atoms with Gasteiger partial charge in [-0.05, 0) is 24.7 Å². The Morgan fingerprint density at radius 2 is 1.78 bits per heavy atom. The van der Waals surface area contributed by atoms with E-state index in [1.54, 1.807) is 0 Å². The highest BCUT2D eigenvalue weighted by Gasteiger charge is 2.20. The molecule has 0 spiro atoms. The van der Waals surface area contributed by atoms with E-state index in [2.05, 4.69) is 25.5 Å². The van der Waals surface area contributed by atoms with Crippen molar-refractivity contribution >= 4 is 10.0 Å². The van der Waals surface area contributed by atoms with Crippen molar-refractivity contribution in [1.82, 2.24) is 4.72 Å². The van der Waals surface area contributed by atoms with Crippen LogP contribution in [0.15, 0.2) is 0 Å². The van der Waals surface area contributed by atoms with Gasteiger partial charge in [0.15, 0.2) is 0 Å². The van der Waals surface area contributed by atoms with E-state index >= 15 is 0 Å². The van der Waals surface area contributed by atoms with Crippen LogP contribution in [0.1, 0.15) is 59.3 Å². The van der Waals surface area contributed by atoms with Crippen molar-refractivity contribution in [2.24, 2.45) is 5.41 Å². The second-order valence-corrected chi connectivity index (χ2v) is 7.62. The summed E-state index contributed by atoms with van der Waals surface area (Å²) in [5.41, 5.74) is 0.0131. The minimum Gasteiger partial charge on any atom is -0.396 e. The van der Waals surface area contributed by atoms with Crippen LogP contribution in [-0.2, 0) is 10.0 Å². The molecule has 2 N–H and O–H groups in total. The molecule has 0 amide bonds. The first-order valence-corrected chi connectivity index (χ1v) is 8.56. The number of aliphatic hydroxyl groups is 1. The highest BCUT2D eigenvalue weighted by Crippen LogP contribution is 2.22. The third-order valence-electron chi connectivity index (χ3n) is 3.05. The van der Waals surface area contributed by atoms with Gasteiger partial charge in [-0.25, -0.2) is 13.1 Å². The summed E-state index contributed by atoms with van der Waals surface area (Å²) in [5.74, 6) is 0.110. The van der Waals surface area contributed by atoms with E-state index in [0.29, 0.717) is 19.4 Å². The molecule has 5 heteroatoms. The molecule has 0 unspecified atom stereocenters. The molecule has 110 valence electrons. The summed E-state index contributed by atoms with van der Waals surface area (Å²) in [6, 6.07) is 0. The van der Waals surface area contributed by atoms with E-state index in [1.807, 2.05) is 0 Å². The number of hydrogen-bond acceptors (Lipinski definition) is 3. The Bertz CT molecular complexity index is 299. The molecule has 4 nitrogen and oxygen atoms in total. The van der Waals surface area contributed by atoms with Crippen molar-refractivity contribution < 1.29 is 13.5 Å². The molecule has 0 fully saturated rings. The van der Waals surface area contributed by atoms with E-state index in [9.17, 15) is 8.42 Å². The average Bonchev–Trinajstić information content (AvgIpc) is 2.27. The van der Waals surface area contributed by atoms with Gasteiger partial charge in [0.05, 0.1) is 5.75 Å². The van der Waals surface area contributed by atoms with Gasteiger partial charge in [-0.15, -0.1) is 0 Å². The van der Waals surface area contributed by atoms with Crippen LogP contribution in [0.2, 0.25) is 0 Å². The number of nitrogens with one attached hydrogen (secondary N) is 1. The van der Waals surface area contributed by atoms with Crippen LogP contribution in [0.5, 0.6) is 0 Å². The van der Waals surface area contributed by atoms with Gasteiger partial charge in [-0.3, -0.25) is 0 Å². The first-order valence-electron chi connectivity index (χ1n) is 6.91. The van der Waals surface area contributed by atoms with Crippen LogP contribution < -0.4 is 4.72 Å². The molecule has 0 aromatic heterocycles. The van der Waals surface area contributed by atoms with Gasteiger partial charge in [0, 0.05) is 13.2 Å². The van der Waals surface area contributed by atoms with E-state index in [0.717, 1.165) is 12.8 Å². The Balaban J connectivity index is 3.97. The summed E-state index contributed by atoms with van der Waals surface area (Å²) >= 11 is 0. The maximum atomic E-state index is 11.7. The van der Waals surface area contributed by atoms with Crippen LogP contribution in [0.25, 0.3) is 0 Å². The largest absolute Gasteiger partial charge is 0.396 e. The predicted molar refractivity (Wildman–Crippen MR) is 76.0 cm³/mol. The Labute approximate surface area is 112 Å². The highest BCUT2D eigenvalue weighted by molar-refractivity contribution is 7.89. The predicted octanol–water partition coefficient (Wildman–Crippen LogP) is 2.28. The van der Waals surface area contributed by atoms with Gasteiger partial charge in [-0.2, -0.15) is 0 Å². The fourth-order valence-electron chi connectivity index (χ4n) is 1.72. The van der Waals surface area contributed by atoms with Crippen molar-refractivity contribution in [3.63, 3.8) is 0 Å². The number of hydrogen-bond donors (Lipinski definition) is 2. The molecular weight excluding hydrogens is 250 g/mol. The van der Waals surface area contributed by atoms with Gasteiger partial charge in [0.25, 0.3) is 0 Å². The molecule has 0 aromatic carbocycles. The Hall–Kier alpha value is -0.130. The normalized spacial score (nSPS) is 12.9. The molecule has 0 aromatic rings. The van der Waals surface area contributed by atoms with Crippen molar-refractivity contribution in [3.8, 4) is 0 Å². The zero-order chi connectivity index (χ0) is 14.1. The molecule has 0 radical (unpaired) electrons. The number of unbranched alkanes of at least 4 members (excludes halogenated alkanes) is 3. The Kier molecular flexibility index (Phi) is 8.82. The first-order chi connectivity index (χ1) is 8.33. The molecule has 18 heavy (non-hydrogen) atoms. The summed E-state index contributed by atoms with van der Waals surface area (Å²) < 4.78 is 26.1. The molecule has 0 aliphatic rings. The van der Waals surface area contributed by atoms with Crippen molar-refractivity contribution in [2.75, 3.05) is 18.9 Å². The van der Waals surface area contributed by atoms with E-state index in [4.69, 9.17) is 5.11 Å². The van der Waals surface area contributed by atoms with Crippen LogP contribution in [-0.4, -0.2) is 32.4 Å². The third kappa shape index (κ3) is 9.85. The molecule has 0 heterocycles. The van der Waals surface area contributed by atoms with E-state index < -0.39 is 10.0 Å². The molecule has 0 bridgehead atoms. The van der Waals surface area contributed by atoms with Crippen LogP contribution in [0.3, 0.4) is 0 Å². The lowest BCUT2D eigenvalue weighted by molar-refractivity contribution is 0.287. The molecular formula is C13H29NO3S. The molecule has 0 aliphatic heterocycles. The first kappa shape index (κ1) is 17.9. The fraction of sp³-hybridized carbons (Fsp3) is 1.00. The smallest absolute Gasteiger partial charge is 0.211 e. The maximum absolute atomic E-state index is 11.7.